The van der Waals surface area contributed by atoms with Crippen molar-refractivity contribution < 1.29 is 14.3 Å². The van der Waals surface area contributed by atoms with Gasteiger partial charge in [-0.05, 0) is 76.0 Å². The quantitative estimate of drug-likeness (QED) is 0.659. The van der Waals surface area contributed by atoms with Crippen LogP contribution in [0, 0.1) is 0 Å². The van der Waals surface area contributed by atoms with Crippen molar-refractivity contribution in [3.05, 3.63) is 23.3 Å². The molecule has 6 nitrogen and oxygen atoms in total. The fraction of sp³-hybridized carbons (Fsp3) is 0.682. The van der Waals surface area contributed by atoms with Crippen LogP contribution in [-0.2, 0) is 6.42 Å². The van der Waals surface area contributed by atoms with Crippen LogP contribution in [0.4, 0.5) is 0 Å². The van der Waals surface area contributed by atoms with Crippen LogP contribution in [0.3, 0.4) is 0 Å². The lowest BCUT2D eigenvalue weighted by atomic mass is 10.0. The summed E-state index contributed by atoms with van der Waals surface area (Å²) in [6.45, 7) is 10.8. The summed E-state index contributed by atoms with van der Waals surface area (Å²) in [4.78, 5) is 14.4. The summed E-state index contributed by atoms with van der Waals surface area (Å²) < 4.78 is 10.6. The molecule has 3 N–H and O–H groups in total. The van der Waals surface area contributed by atoms with E-state index in [1.165, 1.54) is 39.6 Å². The third-order valence-electron chi connectivity index (χ3n) is 4.58. The predicted molar refractivity (Wildman–Crippen MR) is 118 cm³/mol. The topological polar surface area (TPSA) is 76.8 Å². The van der Waals surface area contributed by atoms with Crippen molar-refractivity contribution in [1.82, 2.24) is 10.2 Å². The van der Waals surface area contributed by atoms with E-state index < -0.39 is 0 Å². The summed E-state index contributed by atoms with van der Waals surface area (Å²) in [6.07, 6.45) is 5.66. The van der Waals surface area contributed by atoms with Gasteiger partial charge >= 0.3 is 0 Å². The Morgan fingerprint density at radius 2 is 1.79 bits per heavy atom. The number of carbonyl (C=O) groups excluding carboxylic acids is 1. The molecule has 0 radical (unpaired) electrons. The number of nitrogens with one attached hydrogen (secondary N) is 1. The highest BCUT2D eigenvalue weighted by Crippen LogP contribution is 2.33. The molecule has 0 unspecified atom stereocenters. The molecule has 1 fully saturated rings. The third-order valence-corrected chi connectivity index (χ3v) is 4.58. The number of hydrogen-bond donors (Lipinski definition) is 2. The van der Waals surface area contributed by atoms with E-state index in [2.05, 4.69) is 17.1 Å². The van der Waals surface area contributed by atoms with Crippen molar-refractivity contribution in [2.75, 3.05) is 47.4 Å². The van der Waals surface area contributed by atoms with Gasteiger partial charge in [0.2, 0.25) is 0 Å². The van der Waals surface area contributed by atoms with Gasteiger partial charge in [0.1, 0.15) is 0 Å². The third kappa shape index (κ3) is 8.93. The zero-order chi connectivity index (χ0) is 21.4. The maximum absolute atomic E-state index is 11.9. The first kappa shape index (κ1) is 26.2. The normalized spacial score (nSPS) is 13.0. The second-order valence-corrected chi connectivity index (χ2v) is 6.35. The highest BCUT2D eigenvalue weighted by atomic mass is 16.5. The predicted octanol–water partition coefficient (Wildman–Crippen LogP) is 3.47. The number of rotatable bonds is 8. The molecule has 1 heterocycles. The van der Waals surface area contributed by atoms with Gasteiger partial charge in [0.15, 0.2) is 11.5 Å². The van der Waals surface area contributed by atoms with Crippen molar-refractivity contribution >= 4 is 5.91 Å². The van der Waals surface area contributed by atoms with Crippen molar-refractivity contribution in [2.24, 2.45) is 5.73 Å². The zero-order valence-corrected chi connectivity index (χ0v) is 18.8. The Labute approximate surface area is 171 Å². The average Bonchev–Trinajstić information content (AvgIpc) is 3.28. The number of carbonyl (C=O) groups is 1. The van der Waals surface area contributed by atoms with Gasteiger partial charge in [-0.25, -0.2) is 0 Å². The van der Waals surface area contributed by atoms with Crippen LogP contribution in [0.5, 0.6) is 11.5 Å². The number of hydrogen-bond acceptors (Lipinski definition) is 5. The minimum Gasteiger partial charge on any atom is -0.493 e. The van der Waals surface area contributed by atoms with Crippen LogP contribution in [-0.4, -0.2) is 58.3 Å². The van der Waals surface area contributed by atoms with Crippen molar-refractivity contribution in [3.63, 3.8) is 0 Å². The van der Waals surface area contributed by atoms with Crippen LogP contribution in [0.15, 0.2) is 12.1 Å². The molecule has 28 heavy (non-hydrogen) atoms. The van der Waals surface area contributed by atoms with E-state index in [4.69, 9.17) is 15.2 Å². The molecule has 0 aliphatic carbocycles. The number of methoxy groups -OCH3 is 2. The lowest BCUT2D eigenvalue weighted by molar-refractivity contribution is 0.0959. The number of unbranched alkanes of at least 4 members (excludes halogenated alkanes) is 1. The Kier molecular flexibility index (Phi) is 15.2. The van der Waals surface area contributed by atoms with Gasteiger partial charge in [-0.15, -0.1) is 0 Å². The number of ether oxygens (including phenoxy) is 2. The van der Waals surface area contributed by atoms with Crippen LogP contribution in [0.2, 0.25) is 0 Å². The lowest BCUT2D eigenvalue weighted by Gasteiger charge is -2.14. The molecule has 0 atom stereocenters. The number of nitrogens with two attached hydrogens (primary N) is 1. The number of benzene rings is 1. The lowest BCUT2D eigenvalue weighted by Crippen LogP contribution is -2.19. The number of nitrogens with zero attached hydrogens (tertiary/aromatic N) is 1. The molecular weight excluding hydrogens is 354 g/mol. The molecule has 1 aromatic rings. The Morgan fingerprint density at radius 3 is 2.21 bits per heavy atom. The second-order valence-electron chi connectivity index (χ2n) is 6.35. The monoisotopic (exact) mass is 395 g/mol. The second kappa shape index (κ2) is 16.2. The van der Waals surface area contributed by atoms with Gasteiger partial charge in [0.05, 0.1) is 19.8 Å². The SMILES string of the molecule is CC.CCN1CCCC1.CNC(=O)c1cc(CCCCN)cc(OC)c1OC. The minimum absolute atomic E-state index is 0.184. The van der Waals surface area contributed by atoms with Gasteiger partial charge in [-0.2, -0.15) is 0 Å². The van der Waals surface area contributed by atoms with Crippen molar-refractivity contribution in [1.29, 1.82) is 0 Å². The van der Waals surface area contributed by atoms with E-state index in [1.807, 2.05) is 26.0 Å². The molecule has 2 rings (SSSR count). The summed E-state index contributed by atoms with van der Waals surface area (Å²) in [6, 6.07) is 3.75. The van der Waals surface area contributed by atoms with E-state index in [-0.39, 0.29) is 5.91 Å². The Bertz CT molecular complexity index is 544. The smallest absolute Gasteiger partial charge is 0.254 e. The van der Waals surface area contributed by atoms with Crippen molar-refractivity contribution in [2.45, 2.75) is 52.9 Å². The molecule has 1 aliphatic rings. The zero-order valence-electron chi connectivity index (χ0n) is 18.8. The summed E-state index contributed by atoms with van der Waals surface area (Å²) in [7, 11) is 4.68. The summed E-state index contributed by atoms with van der Waals surface area (Å²) in [5, 5.41) is 2.61. The summed E-state index contributed by atoms with van der Waals surface area (Å²) >= 11 is 0. The fourth-order valence-electron chi connectivity index (χ4n) is 3.04. The molecule has 0 bridgehead atoms. The molecule has 0 saturated carbocycles. The molecule has 162 valence electrons. The molecule has 6 heteroatoms. The van der Waals surface area contributed by atoms with E-state index in [9.17, 15) is 4.79 Å². The van der Waals surface area contributed by atoms with Gasteiger partial charge in [-0.3, -0.25) is 4.79 Å². The van der Waals surface area contributed by atoms with Crippen LogP contribution in [0.1, 0.15) is 62.4 Å². The summed E-state index contributed by atoms with van der Waals surface area (Å²) in [5.74, 6) is 0.853. The molecule has 0 spiro atoms. The maximum Gasteiger partial charge on any atom is 0.254 e. The fourth-order valence-corrected chi connectivity index (χ4v) is 3.04. The molecule has 1 aromatic carbocycles. The van der Waals surface area contributed by atoms with E-state index in [0.717, 1.165) is 24.8 Å². The molecule has 1 saturated heterocycles. The van der Waals surface area contributed by atoms with Gasteiger partial charge in [-0.1, -0.05) is 20.8 Å². The maximum atomic E-state index is 11.9. The minimum atomic E-state index is -0.184. The highest BCUT2D eigenvalue weighted by Gasteiger charge is 2.17. The molecule has 1 amide bonds. The largest absolute Gasteiger partial charge is 0.493 e. The number of aryl methyl sites for hydroxylation is 1. The van der Waals surface area contributed by atoms with Crippen LogP contribution in [0.25, 0.3) is 0 Å². The van der Waals surface area contributed by atoms with Crippen molar-refractivity contribution in [3.8, 4) is 11.5 Å². The Balaban J connectivity index is 0.000000670. The van der Waals surface area contributed by atoms with E-state index >= 15 is 0 Å². The molecular formula is C22H41N3O3. The van der Waals surface area contributed by atoms with Gasteiger partial charge < -0.3 is 25.4 Å². The Hall–Kier alpha value is -1.79. The summed E-state index contributed by atoms with van der Waals surface area (Å²) in [5.41, 5.74) is 7.02. The first-order valence-corrected chi connectivity index (χ1v) is 10.5. The first-order valence-electron chi connectivity index (χ1n) is 10.5. The highest BCUT2D eigenvalue weighted by molar-refractivity contribution is 5.97. The van der Waals surface area contributed by atoms with Crippen LogP contribution >= 0.6 is 0 Å². The van der Waals surface area contributed by atoms with Gasteiger partial charge in [0.25, 0.3) is 5.91 Å². The van der Waals surface area contributed by atoms with Crippen LogP contribution < -0.4 is 20.5 Å². The standard InChI is InChI=1S/C14H22N2O3.C6H13N.C2H6/c1-16-14(17)11-8-10(6-4-5-7-15)9-12(18-2)13(11)19-3;1-2-7-5-3-4-6-7;1-2/h8-9H,4-7,15H2,1-3H3,(H,16,17);2-6H2,1H3;1-2H3. The number of amides is 1. The molecule has 0 aromatic heterocycles. The number of likely N-dealkylation sites (tertiary alicyclic amines) is 1. The van der Waals surface area contributed by atoms with E-state index in [0.29, 0.717) is 23.6 Å². The Morgan fingerprint density at radius 1 is 1.14 bits per heavy atom. The average molecular weight is 396 g/mol. The van der Waals surface area contributed by atoms with Gasteiger partial charge in [0, 0.05) is 7.05 Å². The molecule has 1 aliphatic heterocycles. The van der Waals surface area contributed by atoms with E-state index in [1.54, 1.807) is 14.2 Å². The first-order chi connectivity index (χ1) is 13.6.